The normalized spacial score (nSPS) is 14.4. The number of nitrogens with zero attached hydrogens (tertiary/aromatic N) is 1. The van der Waals surface area contributed by atoms with Crippen molar-refractivity contribution >= 4 is 29.3 Å². The molecule has 0 atom stereocenters. The van der Waals surface area contributed by atoms with Crippen molar-refractivity contribution in [3.05, 3.63) is 51.6 Å². The Morgan fingerprint density at radius 2 is 2.29 bits per heavy atom. The maximum absolute atomic E-state index is 12.1. The Balaban J connectivity index is 1.70. The van der Waals surface area contributed by atoms with Crippen molar-refractivity contribution in [2.45, 2.75) is 13.0 Å². The Morgan fingerprint density at radius 3 is 3.00 bits per heavy atom. The molecule has 0 aliphatic carbocycles. The fourth-order valence-corrected chi connectivity index (χ4v) is 3.27. The number of thiophene rings is 1. The lowest BCUT2D eigenvalue weighted by atomic mass is 10.1. The summed E-state index contributed by atoms with van der Waals surface area (Å²) >= 11 is 1.30. The summed E-state index contributed by atoms with van der Waals surface area (Å²) in [5.41, 5.74) is 0.934. The van der Waals surface area contributed by atoms with Gasteiger partial charge in [-0.3, -0.25) is 4.79 Å². The first-order valence-electron chi connectivity index (χ1n) is 6.49. The minimum Gasteiger partial charge on any atom is -0.477 e. The molecule has 6 heteroatoms. The van der Waals surface area contributed by atoms with Gasteiger partial charge in [-0.2, -0.15) is 0 Å². The van der Waals surface area contributed by atoms with Gasteiger partial charge < -0.3 is 14.4 Å². The number of rotatable bonds is 3. The molecule has 1 aliphatic rings. The minimum atomic E-state index is -0.912. The lowest BCUT2D eigenvalue weighted by Gasteiger charge is -2.25. The Labute approximate surface area is 125 Å². The molecule has 2 aromatic heterocycles. The predicted octanol–water partition coefficient (Wildman–Crippen LogP) is 2.64. The van der Waals surface area contributed by atoms with Crippen molar-refractivity contribution in [3.63, 3.8) is 0 Å². The molecule has 1 aliphatic heterocycles. The van der Waals surface area contributed by atoms with Crippen LogP contribution < -0.4 is 0 Å². The molecule has 0 unspecified atom stereocenters. The molecule has 3 rings (SSSR count). The van der Waals surface area contributed by atoms with Crippen LogP contribution in [0.15, 0.2) is 35.0 Å². The second-order valence-electron chi connectivity index (χ2n) is 4.72. The average Bonchev–Trinajstić information content (AvgIpc) is 3.12. The molecule has 0 saturated carbocycles. The molecule has 0 radical (unpaired) electrons. The van der Waals surface area contributed by atoms with E-state index in [2.05, 4.69) is 0 Å². The van der Waals surface area contributed by atoms with E-state index >= 15 is 0 Å². The van der Waals surface area contributed by atoms with Crippen LogP contribution in [0.5, 0.6) is 0 Å². The SMILES string of the molecule is O=C(O)c1cc2c(s1)CCN(C(=O)/C=C/c1ccco1)C2. The fourth-order valence-electron chi connectivity index (χ4n) is 2.27. The van der Waals surface area contributed by atoms with Gasteiger partial charge in [0.2, 0.25) is 5.91 Å². The molecular formula is C15H13NO4S. The largest absolute Gasteiger partial charge is 0.477 e. The van der Waals surface area contributed by atoms with Crippen LogP contribution in [0.2, 0.25) is 0 Å². The number of amides is 1. The summed E-state index contributed by atoms with van der Waals surface area (Å²) in [6.45, 7) is 1.06. The zero-order chi connectivity index (χ0) is 14.8. The summed E-state index contributed by atoms with van der Waals surface area (Å²) < 4.78 is 5.14. The van der Waals surface area contributed by atoms with E-state index in [4.69, 9.17) is 9.52 Å². The molecule has 5 nitrogen and oxygen atoms in total. The number of aromatic carboxylic acids is 1. The third-order valence-corrected chi connectivity index (χ3v) is 4.55. The Morgan fingerprint density at radius 1 is 1.43 bits per heavy atom. The second kappa shape index (κ2) is 5.57. The Kier molecular flexibility index (Phi) is 3.62. The van der Waals surface area contributed by atoms with Crippen LogP contribution in [-0.4, -0.2) is 28.4 Å². The number of carbonyl (C=O) groups excluding carboxylic acids is 1. The van der Waals surface area contributed by atoms with Crippen LogP contribution in [0.25, 0.3) is 6.08 Å². The summed E-state index contributed by atoms with van der Waals surface area (Å²) in [5.74, 6) is -0.380. The molecule has 108 valence electrons. The predicted molar refractivity (Wildman–Crippen MR) is 78.1 cm³/mol. The van der Waals surface area contributed by atoms with E-state index in [1.54, 1.807) is 35.4 Å². The van der Waals surface area contributed by atoms with E-state index in [9.17, 15) is 9.59 Å². The topological polar surface area (TPSA) is 70.8 Å². The third kappa shape index (κ3) is 2.90. The molecule has 3 heterocycles. The van der Waals surface area contributed by atoms with Gasteiger partial charge in [0.15, 0.2) is 0 Å². The highest BCUT2D eigenvalue weighted by molar-refractivity contribution is 7.14. The highest BCUT2D eigenvalue weighted by atomic mass is 32.1. The summed E-state index contributed by atoms with van der Waals surface area (Å²) in [5, 5.41) is 9.01. The highest BCUT2D eigenvalue weighted by Crippen LogP contribution is 2.28. The number of carbonyl (C=O) groups is 2. The monoisotopic (exact) mass is 303 g/mol. The molecule has 1 N–H and O–H groups in total. The molecule has 0 fully saturated rings. The molecule has 0 saturated heterocycles. The first kappa shape index (κ1) is 13.6. The van der Waals surface area contributed by atoms with E-state index in [-0.39, 0.29) is 5.91 Å². The number of hydrogen-bond donors (Lipinski definition) is 1. The van der Waals surface area contributed by atoms with Crippen molar-refractivity contribution in [2.75, 3.05) is 6.54 Å². The van der Waals surface area contributed by atoms with Crippen LogP contribution in [0, 0.1) is 0 Å². The lowest BCUT2D eigenvalue weighted by molar-refractivity contribution is -0.126. The first-order chi connectivity index (χ1) is 10.1. The summed E-state index contributed by atoms with van der Waals surface area (Å²) in [7, 11) is 0. The van der Waals surface area contributed by atoms with Crippen molar-refractivity contribution in [1.82, 2.24) is 4.90 Å². The van der Waals surface area contributed by atoms with E-state index in [0.29, 0.717) is 30.1 Å². The molecule has 0 aromatic carbocycles. The van der Waals surface area contributed by atoms with Gasteiger partial charge in [-0.05, 0) is 36.3 Å². The molecule has 0 bridgehead atoms. The van der Waals surface area contributed by atoms with Crippen molar-refractivity contribution in [2.24, 2.45) is 0 Å². The van der Waals surface area contributed by atoms with Crippen molar-refractivity contribution in [1.29, 1.82) is 0 Å². The molecule has 2 aromatic rings. The number of carboxylic acid groups (broad SMARTS) is 1. The number of fused-ring (bicyclic) bond motifs is 1. The molecule has 1 amide bonds. The fraction of sp³-hybridized carbons (Fsp3) is 0.200. The summed E-state index contributed by atoms with van der Waals surface area (Å²) in [4.78, 5) is 26.2. The number of hydrogen-bond acceptors (Lipinski definition) is 4. The van der Waals surface area contributed by atoms with Gasteiger partial charge in [0.1, 0.15) is 10.6 Å². The van der Waals surface area contributed by atoms with Gasteiger partial charge >= 0.3 is 5.97 Å². The average molecular weight is 303 g/mol. The van der Waals surface area contributed by atoms with Crippen LogP contribution in [0.3, 0.4) is 0 Å². The van der Waals surface area contributed by atoms with Gasteiger partial charge in [-0.1, -0.05) is 0 Å². The van der Waals surface area contributed by atoms with E-state index in [0.717, 1.165) is 10.4 Å². The standard InChI is InChI=1S/C15H13NO4S/c17-14(4-3-11-2-1-7-20-11)16-6-5-12-10(9-16)8-13(21-12)15(18)19/h1-4,7-8H,5-6,9H2,(H,18,19)/b4-3+. The Hall–Kier alpha value is -2.34. The van der Waals surface area contributed by atoms with E-state index < -0.39 is 5.97 Å². The van der Waals surface area contributed by atoms with Gasteiger partial charge in [-0.25, -0.2) is 4.79 Å². The Bertz CT molecular complexity index is 699. The van der Waals surface area contributed by atoms with E-state index in [1.165, 1.54) is 17.4 Å². The molecular weight excluding hydrogens is 290 g/mol. The van der Waals surface area contributed by atoms with Gasteiger partial charge in [0.25, 0.3) is 0 Å². The molecule has 21 heavy (non-hydrogen) atoms. The van der Waals surface area contributed by atoms with Crippen LogP contribution in [0.1, 0.15) is 25.9 Å². The summed E-state index contributed by atoms with van der Waals surface area (Å²) in [6, 6.07) is 5.20. The zero-order valence-corrected chi connectivity index (χ0v) is 11.9. The number of carboxylic acids is 1. The minimum absolute atomic E-state index is 0.0971. The first-order valence-corrected chi connectivity index (χ1v) is 7.30. The number of furan rings is 1. The third-order valence-electron chi connectivity index (χ3n) is 3.32. The molecule has 0 spiro atoms. The van der Waals surface area contributed by atoms with Gasteiger partial charge in [0, 0.05) is 24.0 Å². The van der Waals surface area contributed by atoms with Gasteiger partial charge in [0.05, 0.1) is 6.26 Å². The van der Waals surface area contributed by atoms with Crippen molar-refractivity contribution < 1.29 is 19.1 Å². The van der Waals surface area contributed by atoms with Crippen LogP contribution in [0.4, 0.5) is 0 Å². The van der Waals surface area contributed by atoms with E-state index in [1.807, 2.05) is 0 Å². The summed E-state index contributed by atoms with van der Waals surface area (Å²) in [6.07, 6.45) is 5.37. The zero-order valence-electron chi connectivity index (χ0n) is 11.1. The maximum Gasteiger partial charge on any atom is 0.345 e. The second-order valence-corrected chi connectivity index (χ2v) is 5.86. The van der Waals surface area contributed by atoms with Crippen molar-refractivity contribution in [3.8, 4) is 0 Å². The lowest BCUT2D eigenvalue weighted by Crippen LogP contribution is -2.34. The van der Waals surface area contributed by atoms with Gasteiger partial charge in [-0.15, -0.1) is 11.3 Å². The van der Waals surface area contributed by atoms with Crippen LogP contribution >= 0.6 is 11.3 Å². The van der Waals surface area contributed by atoms with Crippen LogP contribution in [-0.2, 0) is 17.8 Å². The quantitative estimate of drug-likeness (QED) is 0.885. The maximum atomic E-state index is 12.1. The smallest absolute Gasteiger partial charge is 0.345 e. The highest BCUT2D eigenvalue weighted by Gasteiger charge is 2.23.